The molecule has 0 unspecified atom stereocenters. The standard InChI is InChI=1S/C15H12ClNO/c1-9-2-5-14-10(6-9)7-15(18-14)12-4-3-11(17)8-13(12)16/h2-8H,17H2,1H3. The van der Waals surface area contributed by atoms with Crippen LogP contribution in [0.25, 0.3) is 22.3 Å². The van der Waals surface area contributed by atoms with Crippen LogP contribution in [-0.4, -0.2) is 0 Å². The van der Waals surface area contributed by atoms with E-state index in [0.717, 1.165) is 22.3 Å². The lowest BCUT2D eigenvalue weighted by Crippen LogP contribution is -1.84. The van der Waals surface area contributed by atoms with Gasteiger partial charge in [0.25, 0.3) is 0 Å². The molecular weight excluding hydrogens is 246 g/mol. The van der Waals surface area contributed by atoms with E-state index in [2.05, 4.69) is 13.0 Å². The first-order chi connectivity index (χ1) is 8.63. The van der Waals surface area contributed by atoms with Crippen LogP contribution < -0.4 is 5.73 Å². The molecular formula is C15H12ClNO. The minimum absolute atomic E-state index is 0.603. The summed E-state index contributed by atoms with van der Waals surface area (Å²) >= 11 is 6.18. The maximum atomic E-state index is 6.18. The van der Waals surface area contributed by atoms with Crippen LogP contribution in [-0.2, 0) is 0 Å². The topological polar surface area (TPSA) is 39.2 Å². The molecule has 0 saturated carbocycles. The first kappa shape index (κ1) is 11.2. The van der Waals surface area contributed by atoms with Gasteiger partial charge >= 0.3 is 0 Å². The SMILES string of the molecule is Cc1ccc2oc(-c3ccc(N)cc3Cl)cc2c1. The first-order valence-electron chi connectivity index (χ1n) is 5.69. The Bertz CT molecular complexity index is 730. The zero-order valence-electron chi connectivity index (χ0n) is 9.91. The molecule has 3 rings (SSSR count). The van der Waals surface area contributed by atoms with Crippen LogP contribution in [0, 0.1) is 6.92 Å². The lowest BCUT2D eigenvalue weighted by Gasteiger charge is -2.01. The molecule has 0 spiro atoms. The van der Waals surface area contributed by atoms with Crippen LogP contribution in [0.3, 0.4) is 0 Å². The van der Waals surface area contributed by atoms with Crippen LogP contribution in [0.1, 0.15) is 5.56 Å². The molecule has 3 heteroatoms. The van der Waals surface area contributed by atoms with Gasteiger partial charge in [-0.15, -0.1) is 0 Å². The maximum absolute atomic E-state index is 6.18. The third-order valence-corrected chi connectivity index (χ3v) is 3.24. The number of fused-ring (bicyclic) bond motifs is 1. The lowest BCUT2D eigenvalue weighted by atomic mass is 10.1. The van der Waals surface area contributed by atoms with Gasteiger partial charge in [-0.3, -0.25) is 0 Å². The molecule has 3 aromatic rings. The predicted octanol–water partition coefficient (Wildman–Crippen LogP) is 4.64. The zero-order chi connectivity index (χ0) is 12.7. The van der Waals surface area contributed by atoms with Gasteiger partial charge in [-0.1, -0.05) is 23.2 Å². The van der Waals surface area contributed by atoms with E-state index in [4.69, 9.17) is 21.8 Å². The van der Waals surface area contributed by atoms with Gasteiger partial charge in [-0.2, -0.15) is 0 Å². The molecule has 2 N–H and O–H groups in total. The summed E-state index contributed by atoms with van der Waals surface area (Å²) in [5, 5.41) is 1.68. The van der Waals surface area contributed by atoms with E-state index in [1.807, 2.05) is 30.3 Å². The number of rotatable bonds is 1. The van der Waals surface area contributed by atoms with E-state index >= 15 is 0 Å². The summed E-state index contributed by atoms with van der Waals surface area (Å²) < 4.78 is 5.80. The van der Waals surface area contributed by atoms with Gasteiger partial charge in [0.05, 0.1) is 5.02 Å². The Hall–Kier alpha value is -1.93. The number of benzene rings is 2. The highest BCUT2D eigenvalue weighted by molar-refractivity contribution is 6.33. The highest BCUT2D eigenvalue weighted by Gasteiger charge is 2.09. The van der Waals surface area contributed by atoms with E-state index in [9.17, 15) is 0 Å². The Kier molecular flexibility index (Phi) is 2.53. The molecule has 0 aliphatic carbocycles. The summed E-state index contributed by atoms with van der Waals surface area (Å²) in [6.07, 6.45) is 0. The van der Waals surface area contributed by atoms with Crippen LogP contribution in [0.2, 0.25) is 5.02 Å². The van der Waals surface area contributed by atoms with Gasteiger partial charge in [-0.25, -0.2) is 0 Å². The minimum Gasteiger partial charge on any atom is -0.456 e. The third kappa shape index (κ3) is 1.85. The zero-order valence-corrected chi connectivity index (χ0v) is 10.7. The molecule has 18 heavy (non-hydrogen) atoms. The fourth-order valence-electron chi connectivity index (χ4n) is 2.03. The van der Waals surface area contributed by atoms with Crippen LogP contribution in [0.4, 0.5) is 5.69 Å². The van der Waals surface area contributed by atoms with Gasteiger partial charge in [0.2, 0.25) is 0 Å². The highest BCUT2D eigenvalue weighted by Crippen LogP contribution is 2.33. The summed E-state index contributed by atoms with van der Waals surface area (Å²) in [6.45, 7) is 2.06. The molecule has 1 aromatic heterocycles. The number of anilines is 1. The Morgan fingerprint density at radius 3 is 2.67 bits per heavy atom. The van der Waals surface area contributed by atoms with Gasteiger partial charge in [0, 0.05) is 16.6 Å². The molecule has 0 aliphatic heterocycles. The Morgan fingerprint density at radius 1 is 1.06 bits per heavy atom. The highest BCUT2D eigenvalue weighted by atomic mass is 35.5. The number of hydrogen-bond acceptors (Lipinski definition) is 2. The summed E-state index contributed by atoms with van der Waals surface area (Å²) in [6, 6.07) is 13.5. The number of nitrogens with two attached hydrogens (primary N) is 1. The maximum Gasteiger partial charge on any atom is 0.136 e. The molecule has 1 heterocycles. The van der Waals surface area contributed by atoms with Crippen molar-refractivity contribution in [1.29, 1.82) is 0 Å². The molecule has 2 nitrogen and oxygen atoms in total. The second-order valence-electron chi connectivity index (χ2n) is 4.39. The first-order valence-corrected chi connectivity index (χ1v) is 6.07. The molecule has 0 amide bonds. The number of hydrogen-bond donors (Lipinski definition) is 1. The molecule has 0 radical (unpaired) electrons. The minimum atomic E-state index is 0.603. The fraction of sp³-hybridized carbons (Fsp3) is 0.0667. The lowest BCUT2D eigenvalue weighted by molar-refractivity contribution is 0.631. The molecule has 0 fully saturated rings. The van der Waals surface area contributed by atoms with Gasteiger partial charge in [-0.05, 0) is 43.3 Å². The number of nitrogen functional groups attached to an aromatic ring is 1. The monoisotopic (exact) mass is 257 g/mol. The van der Waals surface area contributed by atoms with Gasteiger partial charge in [0.1, 0.15) is 11.3 Å². The summed E-state index contributed by atoms with van der Waals surface area (Å²) in [5.41, 5.74) is 9.27. The molecule has 0 aliphatic rings. The van der Waals surface area contributed by atoms with Crippen LogP contribution >= 0.6 is 11.6 Å². The van der Waals surface area contributed by atoms with Crippen molar-refractivity contribution in [1.82, 2.24) is 0 Å². The summed E-state index contributed by atoms with van der Waals surface area (Å²) in [4.78, 5) is 0. The third-order valence-electron chi connectivity index (χ3n) is 2.93. The molecule has 2 aromatic carbocycles. The van der Waals surface area contributed by atoms with Crippen LogP contribution in [0.5, 0.6) is 0 Å². The van der Waals surface area contributed by atoms with E-state index in [-0.39, 0.29) is 0 Å². The van der Waals surface area contributed by atoms with Crippen LogP contribution in [0.15, 0.2) is 46.9 Å². The van der Waals surface area contributed by atoms with Crippen molar-refractivity contribution in [2.45, 2.75) is 6.92 Å². The van der Waals surface area contributed by atoms with Gasteiger partial charge in [0.15, 0.2) is 0 Å². The van der Waals surface area contributed by atoms with E-state index in [1.165, 1.54) is 5.56 Å². The van der Waals surface area contributed by atoms with Crippen molar-refractivity contribution in [3.63, 3.8) is 0 Å². The number of aryl methyl sites for hydroxylation is 1. The van der Waals surface area contributed by atoms with E-state index < -0.39 is 0 Å². The molecule has 0 saturated heterocycles. The predicted molar refractivity (Wildman–Crippen MR) is 75.8 cm³/mol. The average molecular weight is 258 g/mol. The van der Waals surface area contributed by atoms with Gasteiger partial charge < -0.3 is 10.2 Å². The fourth-order valence-corrected chi connectivity index (χ4v) is 2.31. The normalized spacial score (nSPS) is 11.0. The molecule has 90 valence electrons. The Morgan fingerprint density at radius 2 is 1.89 bits per heavy atom. The smallest absolute Gasteiger partial charge is 0.136 e. The average Bonchev–Trinajstić information content (AvgIpc) is 2.71. The number of halogens is 1. The van der Waals surface area contributed by atoms with Crippen molar-refractivity contribution in [3.8, 4) is 11.3 Å². The molecule has 0 bridgehead atoms. The Labute approximate surface area is 110 Å². The van der Waals surface area contributed by atoms with Crippen molar-refractivity contribution in [3.05, 3.63) is 53.1 Å². The van der Waals surface area contributed by atoms with Crippen molar-refractivity contribution < 1.29 is 4.42 Å². The van der Waals surface area contributed by atoms with Crippen molar-refractivity contribution in [2.24, 2.45) is 0 Å². The second-order valence-corrected chi connectivity index (χ2v) is 4.80. The number of furan rings is 1. The van der Waals surface area contributed by atoms with Crippen molar-refractivity contribution >= 4 is 28.3 Å². The summed E-state index contributed by atoms with van der Waals surface area (Å²) in [5.74, 6) is 0.764. The van der Waals surface area contributed by atoms with E-state index in [1.54, 1.807) is 6.07 Å². The van der Waals surface area contributed by atoms with E-state index in [0.29, 0.717) is 10.7 Å². The second kappa shape index (κ2) is 4.07. The van der Waals surface area contributed by atoms with Crippen molar-refractivity contribution in [2.75, 3.05) is 5.73 Å². The Balaban J connectivity index is 2.19. The molecule has 0 atom stereocenters. The quantitative estimate of drug-likeness (QED) is 0.645. The summed E-state index contributed by atoms with van der Waals surface area (Å²) in [7, 11) is 0. The largest absolute Gasteiger partial charge is 0.456 e.